The molecule has 0 unspecified atom stereocenters. The number of carbonyl (C=O) groups excluding carboxylic acids is 1. The van der Waals surface area contributed by atoms with Gasteiger partial charge in [-0.2, -0.15) is 0 Å². The minimum atomic E-state index is -0.306. The lowest BCUT2D eigenvalue weighted by atomic mass is 10.0. The maximum Gasteiger partial charge on any atom is 0.339 e. The lowest BCUT2D eigenvalue weighted by molar-refractivity contribution is 0.0525. The van der Waals surface area contributed by atoms with Crippen LogP contribution < -0.4 is 5.73 Å². The number of nitrogens with zero attached hydrogens (tertiary/aromatic N) is 1. The summed E-state index contributed by atoms with van der Waals surface area (Å²) in [5, 5.41) is 7.49. The first-order chi connectivity index (χ1) is 13.1. The van der Waals surface area contributed by atoms with Crippen LogP contribution in [0.15, 0.2) is 67.0 Å². The average molecular weight is 361 g/mol. The van der Waals surface area contributed by atoms with E-state index in [2.05, 4.69) is 12.1 Å². The van der Waals surface area contributed by atoms with E-state index in [1.165, 1.54) is 5.56 Å². The molecule has 0 bridgehead atoms. The van der Waals surface area contributed by atoms with Crippen molar-refractivity contribution in [3.63, 3.8) is 0 Å². The zero-order valence-electron chi connectivity index (χ0n) is 15.3. The van der Waals surface area contributed by atoms with Crippen LogP contribution in [0.1, 0.15) is 39.5 Å². The molecule has 5 heteroatoms. The number of nitrogens with one attached hydrogen (secondary N) is 1. The summed E-state index contributed by atoms with van der Waals surface area (Å²) in [5.74, 6) is -0.262. The number of rotatable bonds is 7. The van der Waals surface area contributed by atoms with Gasteiger partial charge in [0, 0.05) is 24.5 Å². The quantitative estimate of drug-likeness (QED) is 0.383. The Bertz CT molecular complexity index is 928. The average Bonchev–Trinajstić information content (AvgIpc) is 3.05. The summed E-state index contributed by atoms with van der Waals surface area (Å²) in [7, 11) is 0. The second-order valence-corrected chi connectivity index (χ2v) is 6.36. The van der Waals surface area contributed by atoms with Gasteiger partial charge in [0.2, 0.25) is 0 Å². The molecule has 0 aliphatic carbocycles. The Morgan fingerprint density at radius 2 is 1.74 bits per heavy atom. The number of aromatic nitrogens is 1. The van der Waals surface area contributed by atoms with Crippen LogP contribution >= 0.6 is 0 Å². The molecular formula is C22H23N3O2. The molecule has 0 saturated heterocycles. The van der Waals surface area contributed by atoms with Crippen molar-refractivity contribution in [3.8, 4) is 0 Å². The van der Waals surface area contributed by atoms with Crippen LogP contribution in [0.3, 0.4) is 0 Å². The third-order valence-electron chi connectivity index (χ3n) is 4.33. The summed E-state index contributed by atoms with van der Waals surface area (Å²) in [5.41, 5.74) is 9.91. The van der Waals surface area contributed by atoms with Gasteiger partial charge in [-0.05, 0) is 30.0 Å². The molecule has 5 nitrogen and oxygen atoms in total. The first-order valence-corrected chi connectivity index (χ1v) is 8.90. The molecule has 138 valence electrons. The Balaban J connectivity index is 1.87. The smallest absolute Gasteiger partial charge is 0.339 e. The van der Waals surface area contributed by atoms with E-state index in [-0.39, 0.29) is 11.8 Å². The monoisotopic (exact) mass is 361 g/mol. The Hall–Kier alpha value is -3.34. The fourth-order valence-corrected chi connectivity index (χ4v) is 3.00. The fourth-order valence-electron chi connectivity index (χ4n) is 3.00. The van der Waals surface area contributed by atoms with Crippen molar-refractivity contribution < 1.29 is 9.53 Å². The molecule has 27 heavy (non-hydrogen) atoms. The largest absolute Gasteiger partial charge is 0.462 e. The maximum absolute atomic E-state index is 12.4. The molecule has 0 saturated carbocycles. The van der Waals surface area contributed by atoms with Gasteiger partial charge in [-0.15, -0.1) is 0 Å². The molecule has 0 fully saturated rings. The van der Waals surface area contributed by atoms with Gasteiger partial charge in [0.25, 0.3) is 0 Å². The van der Waals surface area contributed by atoms with Gasteiger partial charge in [0.1, 0.15) is 5.84 Å². The normalized spacial score (nSPS) is 10.6. The Morgan fingerprint density at radius 1 is 1.04 bits per heavy atom. The lowest BCUT2D eigenvalue weighted by Crippen LogP contribution is -2.10. The predicted octanol–water partition coefficient (Wildman–Crippen LogP) is 3.59. The number of hydrogen-bond acceptors (Lipinski definition) is 3. The van der Waals surface area contributed by atoms with E-state index in [0.717, 1.165) is 11.1 Å². The highest BCUT2D eigenvalue weighted by atomic mass is 16.5. The zero-order valence-corrected chi connectivity index (χ0v) is 15.3. The van der Waals surface area contributed by atoms with E-state index in [9.17, 15) is 4.79 Å². The number of amidine groups is 1. The van der Waals surface area contributed by atoms with Crippen LogP contribution in [0.2, 0.25) is 0 Å². The molecule has 0 aliphatic heterocycles. The standard InChI is InChI=1S/C22H23N3O2/c1-2-27-22(26)20-15-25(13-17-6-4-3-5-7-17)14-19(20)12-16-8-10-18(11-9-16)21(23)24/h3-11,14-15H,2,12-13H2,1H3,(H3,23,24). The van der Waals surface area contributed by atoms with Crippen LogP contribution in [0.4, 0.5) is 0 Å². The summed E-state index contributed by atoms with van der Waals surface area (Å²) in [4.78, 5) is 12.4. The third-order valence-corrected chi connectivity index (χ3v) is 4.33. The Labute approximate surface area is 158 Å². The van der Waals surface area contributed by atoms with E-state index in [1.807, 2.05) is 59.4 Å². The van der Waals surface area contributed by atoms with E-state index < -0.39 is 0 Å². The van der Waals surface area contributed by atoms with Gasteiger partial charge in [0.15, 0.2) is 0 Å². The second kappa shape index (κ2) is 8.36. The van der Waals surface area contributed by atoms with Crippen molar-refractivity contribution in [2.24, 2.45) is 5.73 Å². The highest BCUT2D eigenvalue weighted by Gasteiger charge is 2.16. The summed E-state index contributed by atoms with van der Waals surface area (Å²) in [6.07, 6.45) is 4.45. The maximum atomic E-state index is 12.4. The van der Waals surface area contributed by atoms with E-state index in [0.29, 0.717) is 30.7 Å². The van der Waals surface area contributed by atoms with Gasteiger partial charge in [0.05, 0.1) is 12.2 Å². The summed E-state index contributed by atoms with van der Waals surface area (Å²) in [6.45, 7) is 2.84. The first kappa shape index (κ1) is 18.5. The molecular weight excluding hydrogens is 338 g/mol. The van der Waals surface area contributed by atoms with Crippen molar-refractivity contribution in [2.75, 3.05) is 6.61 Å². The number of hydrogen-bond donors (Lipinski definition) is 2. The van der Waals surface area contributed by atoms with E-state index in [4.69, 9.17) is 15.9 Å². The van der Waals surface area contributed by atoms with Crippen LogP contribution in [0.5, 0.6) is 0 Å². The number of carbonyl (C=O) groups is 1. The number of benzene rings is 2. The van der Waals surface area contributed by atoms with Crippen LogP contribution in [-0.2, 0) is 17.7 Å². The van der Waals surface area contributed by atoms with E-state index >= 15 is 0 Å². The van der Waals surface area contributed by atoms with Crippen LogP contribution in [0, 0.1) is 5.41 Å². The number of nitrogen functional groups attached to an aromatic ring is 1. The van der Waals surface area contributed by atoms with Crippen LogP contribution in [-0.4, -0.2) is 23.0 Å². The first-order valence-electron chi connectivity index (χ1n) is 8.90. The molecule has 1 heterocycles. The molecule has 0 spiro atoms. The summed E-state index contributed by atoms with van der Waals surface area (Å²) in [6, 6.07) is 17.6. The van der Waals surface area contributed by atoms with Crippen LogP contribution in [0.25, 0.3) is 0 Å². The highest BCUT2D eigenvalue weighted by molar-refractivity contribution is 5.95. The molecule has 0 amide bonds. The molecule has 1 aromatic heterocycles. The molecule has 2 aromatic carbocycles. The van der Waals surface area contributed by atoms with Crippen molar-refractivity contribution in [3.05, 3.63) is 94.8 Å². The van der Waals surface area contributed by atoms with Gasteiger partial charge in [-0.3, -0.25) is 5.41 Å². The highest BCUT2D eigenvalue weighted by Crippen LogP contribution is 2.19. The molecule has 3 rings (SSSR count). The Morgan fingerprint density at radius 3 is 2.37 bits per heavy atom. The fraction of sp³-hybridized carbons (Fsp3) is 0.182. The van der Waals surface area contributed by atoms with Crippen molar-refractivity contribution in [2.45, 2.75) is 19.9 Å². The molecule has 3 aromatic rings. The lowest BCUT2D eigenvalue weighted by Gasteiger charge is -2.05. The predicted molar refractivity (Wildman–Crippen MR) is 106 cm³/mol. The van der Waals surface area contributed by atoms with Gasteiger partial charge >= 0.3 is 5.97 Å². The summed E-state index contributed by atoms with van der Waals surface area (Å²) >= 11 is 0. The van der Waals surface area contributed by atoms with Crippen molar-refractivity contribution >= 4 is 11.8 Å². The van der Waals surface area contributed by atoms with Gasteiger partial charge in [-0.25, -0.2) is 4.79 Å². The third kappa shape index (κ3) is 4.64. The van der Waals surface area contributed by atoms with E-state index in [1.54, 1.807) is 6.92 Å². The van der Waals surface area contributed by atoms with Gasteiger partial charge < -0.3 is 15.0 Å². The SMILES string of the molecule is CCOC(=O)c1cn(Cc2ccccc2)cc1Cc1ccc(C(=N)N)cc1. The number of esters is 1. The van der Waals surface area contributed by atoms with Crippen molar-refractivity contribution in [1.82, 2.24) is 4.57 Å². The molecule has 0 aliphatic rings. The Kier molecular flexibility index (Phi) is 5.71. The van der Waals surface area contributed by atoms with Gasteiger partial charge in [-0.1, -0.05) is 54.6 Å². The van der Waals surface area contributed by atoms with Crippen molar-refractivity contribution in [1.29, 1.82) is 5.41 Å². The molecule has 0 atom stereocenters. The molecule has 3 N–H and O–H groups in total. The second-order valence-electron chi connectivity index (χ2n) is 6.36. The zero-order chi connectivity index (χ0) is 19.2. The number of ether oxygens (including phenoxy) is 1. The molecule has 0 radical (unpaired) electrons. The summed E-state index contributed by atoms with van der Waals surface area (Å²) < 4.78 is 7.24. The minimum Gasteiger partial charge on any atom is -0.462 e. The minimum absolute atomic E-state index is 0.0442. The number of nitrogens with two attached hydrogens (primary N) is 1. The topological polar surface area (TPSA) is 81.1 Å².